The average Bonchev–Trinajstić information content (AvgIpc) is 2.84. The van der Waals surface area contributed by atoms with E-state index >= 15 is 0 Å². The standard InChI is InChI=1S/C12H22N2O3S2/c1-4-13-8-11-6-12(18-9-11)19(15,16)14-7-10(3)17-5-2/h6,9-10,13-14H,4-5,7-8H2,1-3H3. The number of rotatable bonds is 9. The predicted molar refractivity (Wildman–Crippen MR) is 78.0 cm³/mol. The van der Waals surface area contributed by atoms with Gasteiger partial charge in [-0.1, -0.05) is 6.92 Å². The molecule has 1 aromatic heterocycles. The zero-order valence-corrected chi connectivity index (χ0v) is 13.2. The number of thiophene rings is 1. The summed E-state index contributed by atoms with van der Waals surface area (Å²) in [6.07, 6.45) is -0.124. The van der Waals surface area contributed by atoms with Gasteiger partial charge in [0.05, 0.1) is 6.10 Å². The second kappa shape index (κ2) is 7.96. The Hall–Kier alpha value is -0.470. The number of ether oxygens (including phenoxy) is 1. The normalized spacial score (nSPS) is 13.6. The topological polar surface area (TPSA) is 67.4 Å². The van der Waals surface area contributed by atoms with E-state index in [1.807, 2.05) is 26.2 Å². The van der Waals surface area contributed by atoms with Gasteiger partial charge >= 0.3 is 0 Å². The van der Waals surface area contributed by atoms with Gasteiger partial charge in [-0.15, -0.1) is 11.3 Å². The van der Waals surface area contributed by atoms with Crippen molar-refractivity contribution in [2.24, 2.45) is 0 Å². The maximum atomic E-state index is 12.1. The van der Waals surface area contributed by atoms with E-state index in [1.54, 1.807) is 6.07 Å². The molecule has 1 unspecified atom stereocenters. The molecular weight excluding hydrogens is 284 g/mol. The molecule has 0 aliphatic rings. The summed E-state index contributed by atoms with van der Waals surface area (Å²) in [4.78, 5) is 0. The Morgan fingerprint density at radius 2 is 2.16 bits per heavy atom. The van der Waals surface area contributed by atoms with E-state index in [4.69, 9.17) is 4.74 Å². The lowest BCUT2D eigenvalue weighted by atomic mass is 10.3. The predicted octanol–water partition coefficient (Wildman–Crippen LogP) is 1.56. The maximum Gasteiger partial charge on any atom is 0.250 e. The van der Waals surface area contributed by atoms with Gasteiger partial charge in [0.25, 0.3) is 0 Å². The highest BCUT2D eigenvalue weighted by molar-refractivity contribution is 7.91. The van der Waals surface area contributed by atoms with Crippen LogP contribution in [0.1, 0.15) is 26.3 Å². The van der Waals surface area contributed by atoms with E-state index in [-0.39, 0.29) is 12.6 Å². The number of hydrogen-bond donors (Lipinski definition) is 2. The first kappa shape index (κ1) is 16.6. The first-order valence-electron chi connectivity index (χ1n) is 6.39. The Bertz CT molecular complexity index is 471. The number of nitrogens with one attached hydrogen (secondary N) is 2. The third-order valence-corrected chi connectivity index (χ3v) is 5.40. The molecule has 0 amide bonds. The zero-order chi connectivity index (χ0) is 14.3. The van der Waals surface area contributed by atoms with Gasteiger partial charge in [-0.2, -0.15) is 0 Å². The molecule has 110 valence electrons. The fourth-order valence-corrected chi connectivity index (χ4v) is 3.87. The van der Waals surface area contributed by atoms with Gasteiger partial charge in [-0.25, -0.2) is 13.1 Å². The number of hydrogen-bond acceptors (Lipinski definition) is 5. The molecule has 0 fully saturated rings. The third-order valence-electron chi connectivity index (χ3n) is 2.49. The van der Waals surface area contributed by atoms with Gasteiger partial charge in [0.1, 0.15) is 4.21 Å². The van der Waals surface area contributed by atoms with E-state index in [9.17, 15) is 8.42 Å². The monoisotopic (exact) mass is 306 g/mol. The van der Waals surface area contributed by atoms with Crippen molar-refractivity contribution in [1.82, 2.24) is 10.0 Å². The van der Waals surface area contributed by atoms with Gasteiger partial charge in [0.15, 0.2) is 0 Å². The number of sulfonamides is 1. The largest absolute Gasteiger partial charge is 0.377 e. The zero-order valence-electron chi connectivity index (χ0n) is 11.6. The summed E-state index contributed by atoms with van der Waals surface area (Å²) in [5, 5.41) is 5.03. The van der Waals surface area contributed by atoms with Crippen molar-refractivity contribution in [3.8, 4) is 0 Å². The molecule has 0 saturated heterocycles. The van der Waals surface area contributed by atoms with Crippen LogP contribution in [0, 0.1) is 0 Å². The molecule has 0 saturated carbocycles. The van der Waals surface area contributed by atoms with Crippen LogP contribution in [0.15, 0.2) is 15.7 Å². The van der Waals surface area contributed by atoms with E-state index in [2.05, 4.69) is 10.0 Å². The Morgan fingerprint density at radius 3 is 2.79 bits per heavy atom. The van der Waals surface area contributed by atoms with Crippen molar-refractivity contribution in [2.45, 2.75) is 37.6 Å². The highest BCUT2D eigenvalue weighted by Gasteiger charge is 2.17. The summed E-state index contributed by atoms with van der Waals surface area (Å²) >= 11 is 1.24. The highest BCUT2D eigenvalue weighted by atomic mass is 32.2. The summed E-state index contributed by atoms with van der Waals surface area (Å²) in [7, 11) is -3.42. The molecule has 2 N–H and O–H groups in total. The molecule has 0 bridgehead atoms. The third kappa shape index (κ3) is 5.58. The average molecular weight is 306 g/mol. The second-order valence-electron chi connectivity index (χ2n) is 4.17. The molecule has 0 aromatic carbocycles. The summed E-state index contributed by atoms with van der Waals surface area (Å²) in [6, 6.07) is 1.71. The molecule has 0 spiro atoms. The van der Waals surface area contributed by atoms with Crippen molar-refractivity contribution >= 4 is 21.4 Å². The van der Waals surface area contributed by atoms with Crippen molar-refractivity contribution in [3.63, 3.8) is 0 Å². The van der Waals surface area contributed by atoms with Crippen molar-refractivity contribution in [3.05, 3.63) is 17.0 Å². The van der Waals surface area contributed by atoms with Gasteiger partial charge in [-0.3, -0.25) is 0 Å². The summed E-state index contributed by atoms with van der Waals surface area (Å²) in [5.74, 6) is 0. The maximum absolute atomic E-state index is 12.1. The van der Waals surface area contributed by atoms with Crippen molar-refractivity contribution in [1.29, 1.82) is 0 Å². The lowest BCUT2D eigenvalue weighted by Crippen LogP contribution is -2.31. The molecule has 1 heterocycles. The smallest absolute Gasteiger partial charge is 0.250 e. The highest BCUT2D eigenvalue weighted by Crippen LogP contribution is 2.20. The van der Waals surface area contributed by atoms with Gasteiger partial charge in [0.2, 0.25) is 10.0 Å². The van der Waals surface area contributed by atoms with Crippen molar-refractivity contribution in [2.75, 3.05) is 19.7 Å². The minimum absolute atomic E-state index is 0.124. The molecule has 1 rings (SSSR count). The van der Waals surface area contributed by atoms with E-state index in [0.717, 1.165) is 12.1 Å². The van der Waals surface area contributed by atoms with Crippen LogP contribution >= 0.6 is 11.3 Å². The van der Waals surface area contributed by atoms with Crippen LogP contribution in [-0.4, -0.2) is 34.2 Å². The van der Waals surface area contributed by atoms with Gasteiger partial charge in [0, 0.05) is 19.7 Å². The minimum Gasteiger partial charge on any atom is -0.377 e. The Labute approximate surface area is 119 Å². The molecule has 1 atom stereocenters. The molecule has 1 aromatic rings. The Kier molecular flexibility index (Phi) is 6.95. The lowest BCUT2D eigenvalue weighted by molar-refractivity contribution is 0.0800. The molecule has 19 heavy (non-hydrogen) atoms. The van der Waals surface area contributed by atoms with Crippen LogP contribution in [0.5, 0.6) is 0 Å². The van der Waals surface area contributed by atoms with Gasteiger partial charge < -0.3 is 10.1 Å². The first-order valence-corrected chi connectivity index (χ1v) is 8.75. The summed E-state index contributed by atoms with van der Waals surface area (Å²) in [5.41, 5.74) is 0.991. The molecular formula is C12H22N2O3S2. The fraction of sp³-hybridized carbons (Fsp3) is 0.667. The van der Waals surface area contributed by atoms with E-state index < -0.39 is 10.0 Å². The summed E-state index contributed by atoms with van der Waals surface area (Å²) in [6.45, 7) is 8.17. The molecule has 0 radical (unpaired) electrons. The molecule has 0 aliphatic heterocycles. The second-order valence-corrected chi connectivity index (χ2v) is 7.08. The van der Waals surface area contributed by atoms with Crippen LogP contribution in [0.3, 0.4) is 0 Å². The van der Waals surface area contributed by atoms with E-state index in [1.165, 1.54) is 11.3 Å². The van der Waals surface area contributed by atoms with Crippen LogP contribution in [0.4, 0.5) is 0 Å². The molecule has 7 heteroatoms. The quantitative estimate of drug-likeness (QED) is 0.726. The fourth-order valence-electron chi connectivity index (χ4n) is 1.50. The SMILES string of the molecule is CCNCc1csc(S(=O)(=O)NCC(C)OCC)c1. The van der Waals surface area contributed by atoms with Crippen LogP contribution in [0.25, 0.3) is 0 Å². The van der Waals surface area contributed by atoms with Crippen LogP contribution < -0.4 is 10.0 Å². The van der Waals surface area contributed by atoms with Gasteiger partial charge in [-0.05, 0) is 37.4 Å². The molecule has 0 aliphatic carbocycles. The first-order chi connectivity index (χ1) is 8.99. The Balaban J connectivity index is 2.59. The van der Waals surface area contributed by atoms with Crippen LogP contribution in [-0.2, 0) is 21.3 Å². The van der Waals surface area contributed by atoms with Crippen molar-refractivity contribution < 1.29 is 13.2 Å². The van der Waals surface area contributed by atoms with Crippen LogP contribution in [0.2, 0.25) is 0 Å². The van der Waals surface area contributed by atoms with E-state index in [0.29, 0.717) is 17.4 Å². The molecule has 5 nitrogen and oxygen atoms in total. The lowest BCUT2D eigenvalue weighted by Gasteiger charge is -2.12. The Morgan fingerprint density at radius 1 is 1.42 bits per heavy atom. The summed E-state index contributed by atoms with van der Waals surface area (Å²) < 4.78 is 32.3. The minimum atomic E-state index is -3.42.